The van der Waals surface area contributed by atoms with Crippen LogP contribution in [0.15, 0.2) is 23.1 Å². The average molecular weight is 224 g/mol. The molecule has 5 heteroatoms. The van der Waals surface area contributed by atoms with E-state index in [9.17, 15) is 9.59 Å². The first-order chi connectivity index (χ1) is 7.18. The second-order valence-corrected chi connectivity index (χ2v) is 4.65. The molecular formula is C10H12N2O2S. The summed E-state index contributed by atoms with van der Waals surface area (Å²) in [6.07, 6.45) is 1.57. The van der Waals surface area contributed by atoms with Crippen LogP contribution < -0.4 is 11.0 Å². The summed E-state index contributed by atoms with van der Waals surface area (Å²) in [6.45, 7) is 1.73. The Morgan fingerprint density at radius 1 is 1.60 bits per heavy atom. The summed E-state index contributed by atoms with van der Waals surface area (Å²) in [5.74, 6) is 1.70. The fraction of sp³-hybridized carbons (Fsp3) is 0.400. The van der Waals surface area contributed by atoms with Gasteiger partial charge in [-0.2, -0.15) is 11.8 Å². The molecule has 0 atom stereocenters. The number of hydrogen-bond donors (Lipinski definition) is 1. The minimum absolute atomic E-state index is 0.0578. The summed E-state index contributed by atoms with van der Waals surface area (Å²) < 4.78 is 1.25. The second kappa shape index (κ2) is 4.10. The van der Waals surface area contributed by atoms with Crippen LogP contribution in [0.4, 0.5) is 0 Å². The summed E-state index contributed by atoms with van der Waals surface area (Å²) in [4.78, 5) is 23.2. The highest BCUT2D eigenvalue weighted by atomic mass is 32.2. The summed E-state index contributed by atoms with van der Waals surface area (Å²) >= 11 is 1.74. The van der Waals surface area contributed by atoms with E-state index in [4.69, 9.17) is 0 Å². The zero-order chi connectivity index (χ0) is 10.8. The topological polar surface area (TPSA) is 51.1 Å². The maximum absolute atomic E-state index is 11.6. The van der Waals surface area contributed by atoms with E-state index in [1.807, 2.05) is 0 Å². The molecule has 2 rings (SSSR count). The second-order valence-electron chi connectivity index (χ2n) is 3.58. The largest absolute Gasteiger partial charge is 0.273 e. The summed E-state index contributed by atoms with van der Waals surface area (Å²) in [5, 5.41) is 0. The molecule has 0 saturated carbocycles. The smallest absolute Gasteiger partial charge is 0.272 e. The highest BCUT2D eigenvalue weighted by Gasteiger charge is 2.26. The molecule has 2 heterocycles. The third-order valence-electron chi connectivity index (χ3n) is 2.38. The maximum Gasteiger partial charge on any atom is 0.272 e. The Kier molecular flexibility index (Phi) is 2.81. The SMILES string of the molecule is Cc1cccn(NC(=O)C2CSC2)c1=O. The molecule has 1 amide bonds. The van der Waals surface area contributed by atoms with Crippen molar-refractivity contribution in [2.24, 2.45) is 5.92 Å². The van der Waals surface area contributed by atoms with Crippen LogP contribution in [0.5, 0.6) is 0 Å². The first-order valence-corrected chi connectivity index (χ1v) is 5.91. The monoisotopic (exact) mass is 224 g/mol. The zero-order valence-electron chi connectivity index (χ0n) is 8.40. The molecule has 0 spiro atoms. The molecule has 4 nitrogen and oxygen atoms in total. The van der Waals surface area contributed by atoms with Crippen LogP contribution in [0.3, 0.4) is 0 Å². The number of nitrogens with one attached hydrogen (secondary N) is 1. The van der Waals surface area contributed by atoms with E-state index in [1.165, 1.54) is 4.68 Å². The van der Waals surface area contributed by atoms with Crippen molar-refractivity contribution < 1.29 is 4.79 Å². The van der Waals surface area contributed by atoms with Crippen LogP contribution in [-0.2, 0) is 4.79 Å². The number of thioether (sulfide) groups is 1. The van der Waals surface area contributed by atoms with Gasteiger partial charge in [0.2, 0.25) is 5.91 Å². The van der Waals surface area contributed by atoms with Gasteiger partial charge in [0.05, 0.1) is 5.92 Å². The molecule has 0 aliphatic carbocycles. The van der Waals surface area contributed by atoms with E-state index in [1.54, 1.807) is 37.0 Å². The van der Waals surface area contributed by atoms with Crippen molar-refractivity contribution in [3.05, 3.63) is 34.2 Å². The molecule has 1 fully saturated rings. The van der Waals surface area contributed by atoms with Crippen molar-refractivity contribution in [1.82, 2.24) is 4.68 Å². The minimum atomic E-state index is -0.169. The number of carbonyl (C=O) groups excluding carboxylic acids is 1. The molecule has 0 bridgehead atoms. The van der Waals surface area contributed by atoms with Crippen LogP contribution in [-0.4, -0.2) is 22.1 Å². The van der Waals surface area contributed by atoms with Crippen molar-refractivity contribution >= 4 is 17.7 Å². The Morgan fingerprint density at radius 3 is 2.93 bits per heavy atom. The lowest BCUT2D eigenvalue weighted by atomic mass is 10.2. The number of hydrogen-bond acceptors (Lipinski definition) is 3. The summed E-state index contributed by atoms with van der Waals surface area (Å²) in [7, 11) is 0. The minimum Gasteiger partial charge on any atom is -0.273 e. The van der Waals surface area contributed by atoms with Gasteiger partial charge in [0.15, 0.2) is 0 Å². The molecule has 1 N–H and O–H groups in total. The zero-order valence-corrected chi connectivity index (χ0v) is 9.21. The lowest BCUT2D eigenvalue weighted by Gasteiger charge is -2.23. The van der Waals surface area contributed by atoms with E-state index in [2.05, 4.69) is 5.43 Å². The fourth-order valence-electron chi connectivity index (χ4n) is 1.29. The molecule has 0 radical (unpaired) electrons. The Labute approximate surface area is 91.6 Å². The Bertz CT molecular complexity index is 437. The van der Waals surface area contributed by atoms with Crippen LogP contribution in [0, 0.1) is 12.8 Å². The predicted octanol–water partition coefficient (Wildman–Crippen LogP) is 0.590. The predicted molar refractivity (Wildman–Crippen MR) is 60.6 cm³/mol. The normalized spacial score (nSPS) is 15.8. The third-order valence-corrected chi connectivity index (χ3v) is 3.65. The summed E-state index contributed by atoms with van der Waals surface area (Å²) in [5.41, 5.74) is 3.06. The van der Waals surface area contributed by atoms with Gasteiger partial charge in [-0.1, -0.05) is 6.07 Å². The first kappa shape index (κ1) is 10.3. The van der Waals surface area contributed by atoms with Gasteiger partial charge in [-0.3, -0.25) is 15.0 Å². The van der Waals surface area contributed by atoms with Gasteiger partial charge in [0, 0.05) is 23.3 Å². The van der Waals surface area contributed by atoms with Crippen molar-refractivity contribution in [3.63, 3.8) is 0 Å². The Morgan fingerprint density at radius 2 is 2.33 bits per heavy atom. The van der Waals surface area contributed by atoms with Crippen LogP contribution in [0.25, 0.3) is 0 Å². The Balaban J connectivity index is 2.13. The summed E-state index contributed by atoms with van der Waals surface area (Å²) in [6, 6.07) is 3.47. The quantitative estimate of drug-likeness (QED) is 0.800. The first-order valence-electron chi connectivity index (χ1n) is 4.75. The highest BCUT2D eigenvalue weighted by Crippen LogP contribution is 2.24. The van der Waals surface area contributed by atoms with Crippen molar-refractivity contribution in [2.75, 3.05) is 16.9 Å². The van der Waals surface area contributed by atoms with Crippen molar-refractivity contribution in [3.8, 4) is 0 Å². The van der Waals surface area contributed by atoms with Gasteiger partial charge in [0.25, 0.3) is 5.56 Å². The Hall–Kier alpha value is -1.23. The van der Waals surface area contributed by atoms with Gasteiger partial charge >= 0.3 is 0 Å². The van der Waals surface area contributed by atoms with Crippen LogP contribution in [0.1, 0.15) is 5.56 Å². The van der Waals surface area contributed by atoms with E-state index in [0.717, 1.165) is 11.5 Å². The lowest BCUT2D eigenvalue weighted by molar-refractivity contribution is -0.119. The molecule has 1 aliphatic rings. The molecular weight excluding hydrogens is 212 g/mol. The standard InChI is InChI=1S/C10H12N2O2S/c1-7-3-2-4-12(10(7)14)11-9(13)8-5-15-6-8/h2-4,8H,5-6H2,1H3,(H,11,13). The van der Waals surface area contributed by atoms with E-state index >= 15 is 0 Å². The number of amides is 1. The fourth-order valence-corrected chi connectivity index (χ4v) is 2.06. The lowest BCUT2D eigenvalue weighted by Crippen LogP contribution is -2.40. The van der Waals surface area contributed by atoms with Crippen molar-refractivity contribution in [1.29, 1.82) is 0 Å². The highest BCUT2D eigenvalue weighted by molar-refractivity contribution is 8.00. The molecule has 1 aromatic heterocycles. The molecule has 80 valence electrons. The number of aryl methyl sites for hydroxylation is 1. The van der Waals surface area contributed by atoms with Gasteiger partial charge in [-0.15, -0.1) is 0 Å². The van der Waals surface area contributed by atoms with Gasteiger partial charge in [-0.25, -0.2) is 4.68 Å². The molecule has 0 unspecified atom stereocenters. The maximum atomic E-state index is 11.6. The number of rotatable bonds is 2. The number of carbonyl (C=O) groups is 1. The van der Waals surface area contributed by atoms with Gasteiger partial charge in [0.1, 0.15) is 0 Å². The average Bonchev–Trinajstić information content (AvgIpc) is 2.10. The van der Waals surface area contributed by atoms with Gasteiger partial charge in [-0.05, 0) is 13.0 Å². The molecule has 15 heavy (non-hydrogen) atoms. The molecule has 1 aliphatic heterocycles. The van der Waals surface area contributed by atoms with E-state index < -0.39 is 0 Å². The van der Waals surface area contributed by atoms with Crippen LogP contribution >= 0.6 is 11.8 Å². The molecule has 1 saturated heterocycles. The van der Waals surface area contributed by atoms with Gasteiger partial charge < -0.3 is 0 Å². The molecule has 0 aromatic carbocycles. The van der Waals surface area contributed by atoms with Crippen molar-refractivity contribution in [2.45, 2.75) is 6.92 Å². The van der Waals surface area contributed by atoms with Crippen LogP contribution in [0.2, 0.25) is 0 Å². The number of nitrogens with zero attached hydrogens (tertiary/aromatic N) is 1. The number of pyridine rings is 1. The third kappa shape index (κ3) is 2.07. The van der Waals surface area contributed by atoms with E-state index in [-0.39, 0.29) is 17.4 Å². The molecule has 1 aromatic rings. The number of aromatic nitrogens is 1. The van der Waals surface area contributed by atoms with E-state index in [0.29, 0.717) is 5.56 Å².